The standard InChI is InChI=1S/C14H19NO5S/c1-10-12(14(16)17)5-2-6-13(10)21(18,19)15-8-11-4-3-7-20-9-11/h2,5-6,11,15H,3-4,7-9H2,1H3,(H,16,17). The van der Waals surface area contributed by atoms with Crippen LogP contribution in [0.5, 0.6) is 0 Å². The highest BCUT2D eigenvalue weighted by Gasteiger charge is 2.22. The Morgan fingerprint density at radius 2 is 2.24 bits per heavy atom. The Bertz CT molecular complexity index is 620. The Labute approximate surface area is 124 Å². The van der Waals surface area contributed by atoms with E-state index >= 15 is 0 Å². The lowest BCUT2D eigenvalue weighted by Gasteiger charge is -2.22. The summed E-state index contributed by atoms with van der Waals surface area (Å²) in [7, 11) is -3.72. The molecule has 2 rings (SSSR count). The van der Waals surface area contributed by atoms with Crippen molar-refractivity contribution in [2.75, 3.05) is 19.8 Å². The molecular weight excluding hydrogens is 294 g/mol. The van der Waals surface area contributed by atoms with Crippen LogP contribution in [0.4, 0.5) is 0 Å². The Hall–Kier alpha value is -1.44. The third-order valence-electron chi connectivity index (χ3n) is 3.62. The number of carboxylic acids is 1. The van der Waals surface area contributed by atoms with Crippen molar-refractivity contribution >= 4 is 16.0 Å². The van der Waals surface area contributed by atoms with E-state index in [9.17, 15) is 13.2 Å². The average Bonchev–Trinajstić information content (AvgIpc) is 2.46. The fraction of sp³-hybridized carbons (Fsp3) is 0.500. The molecule has 1 fully saturated rings. The molecule has 0 saturated carbocycles. The molecule has 1 unspecified atom stereocenters. The molecule has 2 N–H and O–H groups in total. The van der Waals surface area contributed by atoms with Gasteiger partial charge < -0.3 is 9.84 Å². The SMILES string of the molecule is Cc1c(C(=O)O)cccc1S(=O)(=O)NCC1CCCOC1. The summed E-state index contributed by atoms with van der Waals surface area (Å²) in [5.41, 5.74) is 0.247. The molecule has 21 heavy (non-hydrogen) atoms. The maximum atomic E-state index is 12.3. The maximum absolute atomic E-state index is 12.3. The number of hydrogen-bond donors (Lipinski definition) is 2. The number of benzene rings is 1. The summed E-state index contributed by atoms with van der Waals surface area (Å²) >= 11 is 0. The van der Waals surface area contributed by atoms with Crippen LogP contribution in [0.25, 0.3) is 0 Å². The normalized spacial score (nSPS) is 19.4. The highest BCUT2D eigenvalue weighted by Crippen LogP contribution is 2.20. The van der Waals surface area contributed by atoms with E-state index < -0.39 is 16.0 Å². The Balaban J connectivity index is 2.15. The van der Waals surface area contributed by atoms with E-state index in [2.05, 4.69) is 4.72 Å². The van der Waals surface area contributed by atoms with E-state index in [1.54, 1.807) is 0 Å². The average molecular weight is 313 g/mol. The molecule has 1 saturated heterocycles. The second-order valence-corrected chi connectivity index (χ2v) is 6.90. The molecule has 1 heterocycles. The van der Waals surface area contributed by atoms with Gasteiger partial charge in [0.15, 0.2) is 0 Å². The highest BCUT2D eigenvalue weighted by atomic mass is 32.2. The lowest BCUT2D eigenvalue weighted by Crippen LogP contribution is -2.33. The van der Waals surface area contributed by atoms with Crippen LogP contribution in [0.1, 0.15) is 28.8 Å². The van der Waals surface area contributed by atoms with Gasteiger partial charge in [-0.05, 0) is 43.4 Å². The second kappa shape index (κ2) is 6.55. The molecule has 7 heteroatoms. The van der Waals surface area contributed by atoms with Crippen LogP contribution < -0.4 is 4.72 Å². The number of rotatable bonds is 5. The summed E-state index contributed by atoms with van der Waals surface area (Å²) < 4.78 is 32.5. The fourth-order valence-corrected chi connectivity index (χ4v) is 3.79. The molecule has 1 aliphatic heterocycles. The van der Waals surface area contributed by atoms with E-state index in [-0.39, 0.29) is 21.9 Å². The van der Waals surface area contributed by atoms with Crippen LogP contribution in [0, 0.1) is 12.8 Å². The molecule has 0 amide bonds. The van der Waals surface area contributed by atoms with Gasteiger partial charge in [-0.15, -0.1) is 0 Å². The van der Waals surface area contributed by atoms with Gasteiger partial charge in [-0.2, -0.15) is 0 Å². The van der Waals surface area contributed by atoms with Crippen LogP contribution in [-0.4, -0.2) is 39.3 Å². The summed E-state index contributed by atoms with van der Waals surface area (Å²) in [6.45, 7) is 3.08. The number of ether oxygens (including phenoxy) is 1. The largest absolute Gasteiger partial charge is 0.478 e. The van der Waals surface area contributed by atoms with Crippen molar-refractivity contribution in [3.05, 3.63) is 29.3 Å². The first-order valence-electron chi connectivity index (χ1n) is 6.82. The molecule has 0 spiro atoms. The van der Waals surface area contributed by atoms with Gasteiger partial charge in [0.2, 0.25) is 10.0 Å². The number of aromatic carboxylic acids is 1. The molecule has 6 nitrogen and oxygen atoms in total. The fourth-order valence-electron chi connectivity index (χ4n) is 2.41. The van der Waals surface area contributed by atoms with Gasteiger partial charge in [0.25, 0.3) is 0 Å². The minimum atomic E-state index is -3.72. The summed E-state index contributed by atoms with van der Waals surface area (Å²) in [6.07, 6.45) is 1.86. The molecule has 0 aliphatic carbocycles. The minimum absolute atomic E-state index is 0.00104. The van der Waals surface area contributed by atoms with Crippen molar-refractivity contribution in [2.45, 2.75) is 24.7 Å². The van der Waals surface area contributed by atoms with Crippen molar-refractivity contribution < 1.29 is 23.1 Å². The maximum Gasteiger partial charge on any atom is 0.335 e. The molecule has 0 radical (unpaired) electrons. The van der Waals surface area contributed by atoms with E-state index in [1.807, 2.05) is 0 Å². The summed E-state index contributed by atoms with van der Waals surface area (Å²) in [5.74, 6) is -0.971. The molecule has 116 valence electrons. The van der Waals surface area contributed by atoms with Gasteiger partial charge in [0, 0.05) is 13.2 Å². The first-order chi connectivity index (χ1) is 9.92. The van der Waals surface area contributed by atoms with Crippen molar-refractivity contribution in [2.24, 2.45) is 5.92 Å². The summed E-state index contributed by atoms with van der Waals surface area (Å²) in [5, 5.41) is 9.06. The molecular formula is C14H19NO5S. The molecule has 0 aromatic heterocycles. The molecule has 1 aliphatic rings. The Kier molecular flexibility index (Phi) is 4.97. The second-order valence-electron chi connectivity index (χ2n) is 5.17. The van der Waals surface area contributed by atoms with E-state index in [1.165, 1.54) is 25.1 Å². The molecule has 1 atom stereocenters. The third kappa shape index (κ3) is 3.81. The van der Waals surface area contributed by atoms with E-state index in [4.69, 9.17) is 9.84 Å². The van der Waals surface area contributed by atoms with Gasteiger partial charge in [-0.1, -0.05) is 6.07 Å². The zero-order chi connectivity index (χ0) is 15.5. The van der Waals surface area contributed by atoms with Crippen LogP contribution in [0.3, 0.4) is 0 Å². The summed E-state index contributed by atoms with van der Waals surface area (Å²) in [6, 6.07) is 4.25. The zero-order valence-corrected chi connectivity index (χ0v) is 12.6. The van der Waals surface area contributed by atoms with Crippen molar-refractivity contribution in [1.29, 1.82) is 0 Å². The third-order valence-corrected chi connectivity index (χ3v) is 5.19. The first kappa shape index (κ1) is 15.9. The van der Waals surface area contributed by atoms with Gasteiger partial charge in [-0.3, -0.25) is 0 Å². The van der Waals surface area contributed by atoms with Gasteiger partial charge in [-0.25, -0.2) is 17.9 Å². The van der Waals surface area contributed by atoms with Crippen molar-refractivity contribution in [3.8, 4) is 0 Å². The van der Waals surface area contributed by atoms with Crippen LogP contribution in [0.15, 0.2) is 23.1 Å². The molecule has 1 aromatic rings. The smallest absolute Gasteiger partial charge is 0.335 e. The number of carboxylic acid groups (broad SMARTS) is 1. The highest BCUT2D eigenvalue weighted by molar-refractivity contribution is 7.89. The van der Waals surface area contributed by atoms with Crippen LogP contribution >= 0.6 is 0 Å². The monoisotopic (exact) mass is 313 g/mol. The number of nitrogens with one attached hydrogen (secondary N) is 1. The van der Waals surface area contributed by atoms with Gasteiger partial charge in [0.1, 0.15) is 0 Å². The topological polar surface area (TPSA) is 92.7 Å². The molecule has 0 bridgehead atoms. The molecule has 1 aromatic carbocycles. The lowest BCUT2D eigenvalue weighted by molar-refractivity contribution is 0.0568. The van der Waals surface area contributed by atoms with Crippen molar-refractivity contribution in [3.63, 3.8) is 0 Å². The van der Waals surface area contributed by atoms with Gasteiger partial charge >= 0.3 is 5.97 Å². The van der Waals surface area contributed by atoms with Crippen molar-refractivity contribution in [1.82, 2.24) is 4.72 Å². The lowest BCUT2D eigenvalue weighted by atomic mass is 10.0. The van der Waals surface area contributed by atoms with E-state index in [0.29, 0.717) is 13.2 Å². The Morgan fingerprint density at radius 1 is 1.48 bits per heavy atom. The number of sulfonamides is 1. The van der Waals surface area contributed by atoms with E-state index in [0.717, 1.165) is 19.4 Å². The number of carbonyl (C=O) groups is 1. The van der Waals surface area contributed by atoms with Crippen LogP contribution in [-0.2, 0) is 14.8 Å². The predicted molar refractivity (Wildman–Crippen MR) is 76.9 cm³/mol. The number of hydrogen-bond acceptors (Lipinski definition) is 4. The zero-order valence-electron chi connectivity index (χ0n) is 11.8. The Morgan fingerprint density at radius 3 is 2.86 bits per heavy atom. The van der Waals surface area contributed by atoms with Gasteiger partial charge in [0.05, 0.1) is 17.1 Å². The first-order valence-corrected chi connectivity index (χ1v) is 8.30. The predicted octanol–water partition coefficient (Wildman–Crippen LogP) is 1.40. The quantitative estimate of drug-likeness (QED) is 0.857. The summed E-state index contributed by atoms with van der Waals surface area (Å²) in [4.78, 5) is 11.1. The van der Waals surface area contributed by atoms with Crippen LogP contribution in [0.2, 0.25) is 0 Å². The minimum Gasteiger partial charge on any atom is -0.478 e.